The van der Waals surface area contributed by atoms with Gasteiger partial charge in [0.15, 0.2) is 5.96 Å². The van der Waals surface area contributed by atoms with Crippen molar-refractivity contribution in [2.75, 3.05) is 33.7 Å². The fourth-order valence-corrected chi connectivity index (χ4v) is 2.17. The fraction of sp³-hybridized carbons (Fsp3) is 0.571. The zero-order valence-corrected chi connectivity index (χ0v) is 13.3. The third-order valence-electron chi connectivity index (χ3n) is 2.66. The Morgan fingerprint density at radius 1 is 1.35 bits per heavy atom. The zero-order valence-electron chi connectivity index (χ0n) is 12.5. The topological polar surface area (TPSA) is 56.7 Å². The van der Waals surface area contributed by atoms with Crippen molar-refractivity contribution in [1.82, 2.24) is 15.5 Å². The van der Waals surface area contributed by atoms with Gasteiger partial charge in [0.05, 0.1) is 0 Å². The number of hydrogen-bond acceptors (Lipinski definition) is 3. The van der Waals surface area contributed by atoms with Crippen molar-refractivity contribution in [1.29, 1.82) is 0 Å². The van der Waals surface area contributed by atoms with Gasteiger partial charge in [0.25, 0.3) is 0 Å². The first-order chi connectivity index (χ1) is 9.63. The molecule has 1 aromatic rings. The molecule has 1 aromatic heterocycles. The molecule has 0 atom stereocenters. The van der Waals surface area contributed by atoms with Crippen LogP contribution in [-0.2, 0) is 11.2 Å². The molecular formula is C14H24N4OS. The van der Waals surface area contributed by atoms with Gasteiger partial charge in [-0.05, 0) is 24.3 Å². The van der Waals surface area contributed by atoms with Crippen molar-refractivity contribution in [2.24, 2.45) is 4.99 Å². The van der Waals surface area contributed by atoms with E-state index in [2.05, 4.69) is 40.1 Å². The molecule has 0 unspecified atom stereocenters. The molecule has 0 aliphatic carbocycles. The molecule has 0 aliphatic rings. The summed E-state index contributed by atoms with van der Waals surface area (Å²) in [6.45, 7) is 3.93. The van der Waals surface area contributed by atoms with E-state index in [0.717, 1.165) is 25.9 Å². The normalized spacial score (nSPS) is 11.2. The Hall–Kier alpha value is -1.56. The summed E-state index contributed by atoms with van der Waals surface area (Å²) in [5.41, 5.74) is 0. The van der Waals surface area contributed by atoms with E-state index in [1.807, 2.05) is 0 Å². The molecule has 0 spiro atoms. The smallest absolute Gasteiger partial charge is 0.243 e. The molecule has 2 N–H and O–H groups in total. The molecule has 0 saturated carbocycles. The Kier molecular flexibility index (Phi) is 7.72. The molecule has 0 aromatic carbocycles. The van der Waals surface area contributed by atoms with Gasteiger partial charge in [-0.2, -0.15) is 0 Å². The highest BCUT2D eigenvalue weighted by Gasteiger charge is 2.04. The SMILES string of the molecule is CCCNC(=NCC(=O)N(C)C)NCCc1cccs1. The zero-order chi connectivity index (χ0) is 14.8. The second kappa shape index (κ2) is 9.36. The standard InChI is InChI=1S/C14H24N4OS/c1-4-8-15-14(17-11-13(19)18(2)3)16-9-7-12-6-5-10-20-12/h5-6,10H,4,7-9,11H2,1-3H3,(H2,15,16,17). The summed E-state index contributed by atoms with van der Waals surface area (Å²) in [5.74, 6) is 0.708. The number of aliphatic imine (C=N–C) groups is 1. The summed E-state index contributed by atoms with van der Waals surface area (Å²) in [6.07, 6.45) is 1.99. The molecular weight excluding hydrogens is 272 g/mol. The lowest BCUT2D eigenvalue weighted by molar-refractivity contribution is -0.127. The van der Waals surface area contributed by atoms with Crippen LogP contribution < -0.4 is 10.6 Å². The van der Waals surface area contributed by atoms with Crippen LogP contribution in [0.25, 0.3) is 0 Å². The summed E-state index contributed by atoms with van der Waals surface area (Å²) in [7, 11) is 3.47. The highest BCUT2D eigenvalue weighted by atomic mass is 32.1. The molecule has 1 rings (SSSR count). The third-order valence-corrected chi connectivity index (χ3v) is 3.59. The highest BCUT2D eigenvalue weighted by molar-refractivity contribution is 7.09. The molecule has 0 radical (unpaired) electrons. The van der Waals surface area contributed by atoms with Gasteiger partial charge < -0.3 is 15.5 Å². The van der Waals surface area contributed by atoms with Crippen LogP contribution in [0.15, 0.2) is 22.5 Å². The van der Waals surface area contributed by atoms with E-state index in [0.29, 0.717) is 5.96 Å². The van der Waals surface area contributed by atoms with Crippen LogP contribution >= 0.6 is 11.3 Å². The molecule has 112 valence electrons. The maximum atomic E-state index is 11.5. The summed E-state index contributed by atoms with van der Waals surface area (Å²) >= 11 is 1.75. The number of hydrogen-bond donors (Lipinski definition) is 2. The van der Waals surface area contributed by atoms with Gasteiger partial charge in [0.1, 0.15) is 6.54 Å². The maximum Gasteiger partial charge on any atom is 0.243 e. The molecule has 5 nitrogen and oxygen atoms in total. The van der Waals surface area contributed by atoms with Crippen LogP contribution in [-0.4, -0.2) is 50.5 Å². The number of carbonyl (C=O) groups excluding carboxylic acids is 1. The predicted octanol–water partition coefficient (Wildman–Crippen LogP) is 1.32. The van der Waals surface area contributed by atoms with Crippen LogP contribution in [0.3, 0.4) is 0 Å². The number of nitrogens with zero attached hydrogens (tertiary/aromatic N) is 2. The van der Waals surface area contributed by atoms with Gasteiger partial charge >= 0.3 is 0 Å². The first-order valence-electron chi connectivity index (χ1n) is 6.88. The summed E-state index contributed by atoms with van der Waals surface area (Å²) in [5, 5.41) is 8.56. The summed E-state index contributed by atoms with van der Waals surface area (Å²) in [6, 6.07) is 4.18. The van der Waals surface area contributed by atoms with Crippen LogP contribution in [0.4, 0.5) is 0 Å². The van der Waals surface area contributed by atoms with Crippen LogP contribution in [0.5, 0.6) is 0 Å². The molecule has 0 fully saturated rings. The number of amides is 1. The van der Waals surface area contributed by atoms with Gasteiger partial charge in [-0.1, -0.05) is 13.0 Å². The van der Waals surface area contributed by atoms with Crippen molar-refractivity contribution in [3.63, 3.8) is 0 Å². The van der Waals surface area contributed by atoms with Crippen molar-refractivity contribution in [2.45, 2.75) is 19.8 Å². The lowest BCUT2D eigenvalue weighted by Crippen LogP contribution is -2.39. The van der Waals surface area contributed by atoms with Gasteiger partial charge in [-0.15, -0.1) is 11.3 Å². The van der Waals surface area contributed by atoms with Crippen molar-refractivity contribution in [3.05, 3.63) is 22.4 Å². The maximum absolute atomic E-state index is 11.5. The van der Waals surface area contributed by atoms with Crippen molar-refractivity contribution >= 4 is 23.2 Å². The molecule has 1 heterocycles. The van der Waals surface area contributed by atoms with E-state index in [4.69, 9.17) is 0 Å². The largest absolute Gasteiger partial charge is 0.356 e. The first-order valence-corrected chi connectivity index (χ1v) is 7.76. The molecule has 0 aliphatic heterocycles. The minimum atomic E-state index is 0.000792. The Morgan fingerprint density at radius 3 is 2.70 bits per heavy atom. The van der Waals surface area contributed by atoms with E-state index in [9.17, 15) is 4.79 Å². The molecule has 1 amide bonds. The van der Waals surface area contributed by atoms with Crippen LogP contribution in [0.2, 0.25) is 0 Å². The van der Waals surface area contributed by atoms with Crippen LogP contribution in [0.1, 0.15) is 18.2 Å². The van der Waals surface area contributed by atoms with E-state index in [1.54, 1.807) is 30.3 Å². The monoisotopic (exact) mass is 296 g/mol. The minimum absolute atomic E-state index is 0.000792. The third kappa shape index (κ3) is 6.56. The van der Waals surface area contributed by atoms with E-state index >= 15 is 0 Å². The van der Waals surface area contributed by atoms with Gasteiger partial charge in [0.2, 0.25) is 5.91 Å². The Labute approximate surface area is 125 Å². The van der Waals surface area contributed by atoms with Crippen molar-refractivity contribution < 1.29 is 4.79 Å². The quantitative estimate of drug-likeness (QED) is 0.589. The summed E-state index contributed by atoms with van der Waals surface area (Å²) < 4.78 is 0. The highest BCUT2D eigenvalue weighted by Crippen LogP contribution is 2.07. The fourth-order valence-electron chi connectivity index (χ4n) is 1.46. The van der Waals surface area contributed by atoms with Crippen LogP contribution in [0, 0.1) is 0 Å². The number of rotatable bonds is 7. The van der Waals surface area contributed by atoms with Crippen molar-refractivity contribution in [3.8, 4) is 0 Å². The Bertz CT molecular complexity index is 415. The second-order valence-corrected chi connectivity index (χ2v) is 5.67. The minimum Gasteiger partial charge on any atom is -0.356 e. The van der Waals surface area contributed by atoms with E-state index in [-0.39, 0.29) is 12.5 Å². The molecule has 0 saturated heterocycles. The van der Waals surface area contributed by atoms with Gasteiger partial charge in [-0.25, -0.2) is 4.99 Å². The number of thiophene rings is 1. The Morgan fingerprint density at radius 2 is 2.10 bits per heavy atom. The number of guanidine groups is 1. The van der Waals surface area contributed by atoms with E-state index < -0.39 is 0 Å². The number of likely N-dealkylation sites (N-methyl/N-ethyl adjacent to an activating group) is 1. The van der Waals surface area contributed by atoms with E-state index in [1.165, 1.54) is 4.88 Å². The Balaban J connectivity index is 2.41. The average Bonchev–Trinajstić information content (AvgIpc) is 2.93. The molecule has 20 heavy (non-hydrogen) atoms. The lowest BCUT2D eigenvalue weighted by atomic mass is 10.3. The van der Waals surface area contributed by atoms with Gasteiger partial charge in [-0.3, -0.25) is 4.79 Å². The molecule has 0 bridgehead atoms. The summed E-state index contributed by atoms with van der Waals surface area (Å²) in [4.78, 5) is 18.7. The lowest BCUT2D eigenvalue weighted by Gasteiger charge is -2.13. The number of carbonyl (C=O) groups is 1. The molecule has 6 heteroatoms. The average molecular weight is 296 g/mol. The van der Waals surface area contributed by atoms with Gasteiger partial charge in [0, 0.05) is 32.1 Å². The second-order valence-electron chi connectivity index (χ2n) is 4.64. The number of nitrogens with one attached hydrogen (secondary N) is 2. The predicted molar refractivity (Wildman–Crippen MR) is 85.3 cm³/mol. The first kappa shape index (κ1) is 16.5.